The smallest absolute Gasteiger partial charge is 0.386 e. The molecule has 0 amide bonds. The van der Waals surface area contributed by atoms with Gasteiger partial charge in [-0.05, 0) is 48.5 Å². The summed E-state index contributed by atoms with van der Waals surface area (Å²) in [6.07, 6.45) is 0. The quantitative estimate of drug-likeness (QED) is 0.863. The van der Waals surface area contributed by atoms with Crippen LogP contribution in [0.5, 0.6) is 11.5 Å². The summed E-state index contributed by atoms with van der Waals surface area (Å²) in [4.78, 5) is 10.6. The molecular weight excluding hydrogens is 284 g/mol. The molecule has 0 saturated carbocycles. The van der Waals surface area contributed by atoms with Gasteiger partial charge in [0.25, 0.3) is 0 Å². The minimum absolute atomic E-state index is 0.133. The van der Waals surface area contributed by atoms with E-state index in [1.807, 2.05) is 24.3 Å². The number of rotatable bonds is 3. The van der Waals surface area contributed by atoms with Gasteiger partial charge in [-0.15, -0.1) is 0 Å². The Morgan fingerprint density at radius 3 is 1.82 bits per heavy atom. The maximum Gasteiger partial charge on any atom is 0.386 e. The van der Waals surface area contributed by atoms with Gasteiger partial charge in [-0.25, -0.2) is 9.90 Å². The predicted molar refractivity (Wildman–Crippen MR) is 65.7 cm³/mol. The third kappa shape index (κ3) is 3.07. The average Bonchev–Trinajstić information content (AvgIpc) is 2.33. The monoisotopic (exact) mass is 291 g/mol. The Hall–Kier alpha value is -1.81. The third-order valence-electron chi connectivity index (χ3n) is 2.14. The van der Waals surface area contributed by atoms with Crippen LogP contribution < -0.4 is 4.74 Å². The SMILES string of the molecule is [O]C(=O)c1ccc(Oc2ccc(Br)cc2)cc1. The van der Waals surface area contributed by atoms with Crippen molar-refractivity contribution in [3.05, 3.63) is 58.6 Å². The van der Waals surface area contributed by atoms with E-state index < -0.39 is 5.97 Å². The fourth-order valence-corrected chi connectivity index (χ4v) is 1.56. The molecular formula is C13H8BrO3. The second-order valence-electron chi connectivity index (χ2n) is 3.37. The van der Waals surface area contributed by atoms with Crippen molar-refractivity contribution < 1.29 is 14.6 Å². The maximum absolute atomic E-state index is 10.6. The highest BCUT2D eigenvalue weighted by Crippen LogP contribution is 2.23. The molecule has 1 radical (unpaired) electrons. The lowest BCUT2D eigenvalue weighted by Gasteiger charge is -2.05. The van der Waals surface area contributed by atoms with Crippen LogP contribution in [0.2, 0.25) is 0 Å². The Morgan fingerprint density at radius 2 is 1.35 bits per heavy atom. The molecule has 85 valence electrons. The Kier molecular flexibility index (Phi) is 3.44. The van der Waals surface area contributed by atoms with Crippen molar-refractivity contribution in [3.8, 4) is 11.5 Å². The first-order valence-electron chi connectivity index (χ1n) is 4.90. The van der Waals surface area contributed by atoms with E-state index in [1.54, 1.807) is 12.1 Å². The number of hydrogen-bond acceptors (Lipinski definition) is 2. The molecule has 0 heterocycles. The van der Waals surface area contributed by atoms with E-state index in [-0.39, 0.29) is 5.56 Å². The van der Waals surface area contributed by atoms with Crippen LogP contribution in [0.4, 0.5) is 0 Å². The molecule has 2 rings (SSSR count). The largest absolute Gasteiger partial charge is 0.457 e. The Labute approximate surface area is 107 Å². The second kappa shape index (κ2) is 5.01. The number of hydrogen-bond donors (Lipinski definition) is 0. The van der Waals surface area contributed by atoms with Crippen LogP contribution in [0.15, 0.2) is 53.0 Å². The van der Waals surface area contributed by atoms with Crippen LogP contribution in [0.3, 0.4) is 0 Å². The molecule has 0 aromatic heterocycles. The average molecular weight is 292 g/mol. The predicted octanol–water partition coefficient (Wildman–Crippen LogP) is 3.81. The van der Waals surface area contributed by atoms with Gasteiger partial charge in [-0.3, -0.25) is 0 Å². The Morgan fingerprint density at radius 1 is 0.882 bits per heavy atom. The van der Waals surface area contributed by atoms with Gasteiger partial charge in [0.05, 0.1) is 5.56 Å². The number of benzene rings is 2. The molecule has 0 spiro atoms. The molecule has 3 nitrogen and oxygen atoms in total. The highest BCUT2D eigenvalue weighted by atomic mass is 79.9. The van der Waals surface area contributed by atoms with Crippen molar-refractivity contribution in [2.24, 2.45) is 0 Å². The first kappa shape index (κ1) is 11.7. The van der Waals surface area contributed by atoms with Crippen LogP contribution >= 0.6 is 15.9 Å². The lowest BCUT2D eigenvalue weighted by atomic mass is 10.2. The normalized spacial score (nSPS) is 9.94. The van der Waals surface area contributed by atoms with E-state index in [0.717, 1.165) is 4.47 Å². The van der Waals surface area contributed by atoms with E-state index in [4.69, 9.17) is 4.74 Å². The minimum Gasteiger partial charge on any atom is -0.457 e. The lowest BCUT2D eigenvalue weighted by Crippen LogP contribution is -1.93. The van der Waals surface area contributed by atoms with Gasteiger partial charge in [0.15, 0.2) is 0 Å². The van der Waals surface area contributed by atoms with Crippen LogP contribution in [0.25, 0.3) is 0 Å². The van der Waals surface area contributed by atoms with Gasteiger partial charge in [0, 0.05) is 4.47 Å². The van der Waals surface area contributed by atoms with Gasteiger partial charge >= 0.3 is 5.97 Å². The topological polar surface area (TPSA) is 46.2 Å². The first-order chi connectivity index (χ1) is 8.15. The maximum atomic E-state index is 10.6. The van der Waals surface area contributed by atoms with E-state index in [0.29, 0.717) is 11.5 Å². The molecule has 2 aromatic carbocycles. The summed E-state index contributed by atoms with van der Waals surface area (Å²) in [5.41, 5.74) is 0.133. The summed E-state index contributed by atoms with van der Waals surface area (Å²) in [5.74, 6) is 0.0758. The van der Waals surface area contributed by atoms with E-state index in [9.17, 15) is 9.90 Å². The zero-order chi connectivity index (χ0) is 12.3. The van der Waals surface area contributed by atoms with Crippen LogP contribution in [-0.2, 0) is 5.11 Å². The Bertz CT molecular complexity index is 517. The Balaban J connectivity index is 2.13. The molecule has 0 unspecified atom stereocenters. The first-order valence-corrected chi connectivity index (χ1v) is 5.69. The van der Waals surface area contributed by atoms with E-state index >= 15 is 0 Å². The fourth-order valence-electron chi connectivity index (χ4n) is 1.30. The molecule has 0 aliphatic carbocycles. The fraction of sp³-hybridized carbons (Fsp3) is 0. The van der Waals surface area contributed by atoms with E-state index in [1.165, 1.54) is 12.1 Å². The van der Waals surface area contributed by atoms with E-state index in [2.05, 4.69) is 15.9 Å². The van der Waals surface area contributed by atoms with Gasteiger partial charge in [0.2, 0.25) is 0 Å². The van der Waals surface area contributed by atoms with Gasteiger partial charge in [-0.2, -0.15) is 0 Å². The van der Waals surface area contributed by atoms with Crippen molar-refractivity contribution >= 4 is 21.9 Å². The highest BCUT2D eigenvalue weighted by molar-refractivity contribution is 9.10. The van der Waals surface area contributed by atoms with Crippen LogP contribution in [-0.4, -0.2) is 5.97 Å². The summed E-state index contributed by atoms with van der Waals surface area (Å²) in [6.45, 7) is 0. The number of carbonyl (C=O) groups excluding carboxylic acids is 1. The van der Waals surface area contributed by atoms with Crippen LogP contribution in [0, 0.1) is 0 Å². The van der Waals surface area contributed by atoms with Crippen molar-refractivity contribution in [1.82, 2.24) is 0 Å². The van der Waals surface area contributed by atoms with Crippen molar-refractivity contribution in [1.29, 1.82) is 0 Å². The molecule has 0 fully saturated rings. The van der Waals surface area contributed by atoms with Gasteiger partial charge in [-0.1, -0.05) is 15.9 Å². The lowest BCUT2D eigenvalue weighted by molar-refractivity contribution is 0.0573. The summed E-state index contributed by atoms with van der Waals surface area (Å²) in [5, 5.41) is 10.6. The molecule has 0 N–H and O–H groups in total. The molecule has 0 aliphatic rings. The molecule has 0 saturated heterocycles. The number of carbonyl (C=O) groups is 1. The zero-order valence-corrected chi connectivity index (χ0v) is 10.3. The van der Waals surface area contributed by atoms with Crippen molar-refractivity contribution in [2.75, 3.05) is 0 Å². The molecule has 0 aliphatic heterocycles. The molecule has 4 heteroatoms. The molecule has 0 atom stereocenters. The third-order valence-corrected chi connectivity index (χ3v) is 2.67. The summed E-state index contributed by atoms with van der Waals surface area (Å²) in [6, 6.07) is 13.4. The molecule has 17 heavy (non-hydrogen) atoms. The highest BCUT2D eigenvalue weighted by Gasteiger charge is 2.04. The van der Waals surface area contributed by atoms with Gasteiger partial charge < -0.3 is 4.74 Å². The van der Waals surface area contributed by atoms with Crippen molar-refractivity contribution in [3.63, 3.8) is 0 Å². The molecule has 2 aromatic rings. The number of ether oxygens (including phenoxy) is 1. The van der Waals surface area contributed by atoms with Crippen molar-refractivity contribution in [2.45, 2.75) is 0 Å². The summed E-state index contributed by atoms with van der Waals surface area (Å²) in [7, 11) is 0. The second-order valence-corrected chi connectivity index (χ2v) is 4.28. The standard InChI is InChI=1S/C13H8BrO3/c14-10-3-7-12(8-4-10)17-11-5-1-9(2-6-11)13(15)16/h1-8H. The molecule has 0 bridgehead atoms. The summed E-state index contributed by atoms with van der Waals surface area (Å²) >= 11 is 3.33. The number of halogens is 1. The summed E-state index contributed by atoms with van der Waals surface area (Å²) < 4.78 is 6.50. The van der Waals surface area contributed by atoms with Gasteiger partial charge in [0.1, 0.15) is 11.5 Å². The van der Waals surface area contributed by atoms with Crippen LogP contribution in [0.1, 0.15) is 10.4 Å². The minimum atomic E-state index is -1.19. The zero-order valence-electron chi connectivity index (χ0n) is 8.72.